The molecule has 1 aliphatic heterocycles. The van der Waals surface area contributed by atoms with Crippen molar-refractivity contribution in [3.05, 3.63) is 61.2 Å². The maximum atomic E-state index is 12.9. The zero-order valence-electron chi connectivity index (χ0n) is 12.4. The lowest BCUT2D eigenvalue weighted by Gasteiger charge is -2.32. The number of nitrogens with zero attached hydrogens (tertiary/aromatic N) is 1. The number of hydrogen-bond donors (Lipinski definition) is 0. The van der Waals surface area contributed by atoms with E-state index in [2.05, 4.69) is 6.58 Å². The summed E-state index contributed by atoms with van der Waals surface area (Å²) in [7, 11) is -3.48. The molecule has 0 unspecified atom stereocenters. The van der Waals surface area contributed by atoms with Gasteiger partial charge in [-0.25, -0.2) is 8.42 Å². The Morgan fingerprint density at radius 1 is 0.955 bits per heavy atom. The second kappa shape index (κ2) is 5.97. The Morgan fingerprint density at radius 3 is 2.41 bits per heavy atom. The Hall–Kier alpha value is -2.07. The zero-order chi connectivity index (χ0) is 15.6. The first-order chi connectivity index (χ1) is 10.7. The van der Waals surface area contributed by atoms with Gasteiger partial charge in [0, 0.05) is 17.7 Å². The number of allylic oxidation sites excluding steroid dienone is 1. The molecule has 0 aromatic heterocycles. The Balaban J connectivity index is 2.06. The van der Waals surface area contributed by atoms with E-state index in [1.54, 1.807) is 16.4 Å². The van der Waals surface area contributed by atoms with Gasteiger partial charge in [0.1, 0.15) is 0 Å². The number of anilines is 1. The van der Waals surface area contributed by atoms with Gasteiger partial charge in [-0.05, 0) is 31.4 Å². The van der Waals surface area contributed by atoms with Gasteiger partial charge < -0.3 is 0 Å². The summed E-state index contributed by atoms with van der Waals surface area (Å²) < 4.78 is 27.4. The molecule has 2 aromatic rings. The van der Waals surface area contributed by atoms with Gasteiger partial charge >= 0.3 is 0 Å². The van der Waals surface area contributed by atoms with Crippen LogP contribution in [0.25, 0.3) is 11.1 Å². The molecule has 0 radical (unpaired) electrons. The molecular weight excluding hydrogens is 294 g/mol. The lowest BCUT2D eigenvalue weighted by molar-refractivity contribution is 0.587. The van der Waals surface area contributed by atoms with Crippen LogP contribution in [0, 0.1) is 0 Å². The first kappa shape index (κ1) is 14.9. The number of hydrogen-bond acceptors (Lipinski definition) is 2. The van der Waals surface area contributed by atoms with Gasteiger partial charge in [-0.15, -0.1) is 6.58 Å². The molecule has 0 amide bonds. The van der Waals surface area contributed by atoms with Crippen LogP contribution in [-0.2, 0) is 10.0 Å². The lowest BCUT2D eigenvalue weighted by atomic mass is 10.0. The average Bonchev–Trinajstić information content (AvgIpc) is 2.54. The third kappa shape index (κ3) is 2.44. The van der Waals surface area contributed by atoms with Gasteiger partial charge in [0.2, 0.25) is 0 Å². The van der Waals surface area contributed by atoms with Crippen LogP contribution in [-0.4, -0.2) is 15.0 Å². The van der Waals surface area contributed by atoms with E-state index in [1.165, 1.54) is 0 Å². The minimum Gasteiger partial charge on any atom is -0.266 e. The second-order valence-electron chi connectivity index (χ2n) is 5.37. The smallest absolute Gasteiger partial charge is 0.264 e. The van der Waals surface area contributed by atoms with Gasteiger partial charge in [-0.1, -0.05) is 42.5 Å². The van der Waals surface area contributed by atoms with Crippen LogP contribution >= 0.6 is 0 Å². The summed E-state index contributed by atoms with van der Waals surface area (Å²) >= 11 is 0. The second-order valence-corrected chi connectivity index (χ2v) is 7.21. The van der Waals surface area contributed by atoms with E-state index in [4.69, 9.17) is 0 Å². The molecular formula is C18H19NO2S. The minimum atomic E-state index is -3.48. The number of sulfonamides is 1. The van der Waals surface area contributed by atoms with E-state index in [-0.39, 0.29) is 0 Å². The van der Waals surface area contributed by atoms with Crippen LogP contribution in [0.2, 0.25) is 0 Å². The van der Waals surface area contributed by atoms with Crippen LogP contribution in [0.15, 0.2) is 66.1 Å². The molecule has 1 heterocycles. The number of para-hydroxylation sites is 1. The predicted octanol–water partition coefficient (Wildman–Crippen LogP) is 4.22. The summed E-state index contributed by atoms with van der Waals surface area (Å²) in [6, 6.07) is 14.9. The number of unbranched alkanes of at least 4 members (excludes halogenated alkanes) is 2. The lowest BCUT2D eigenvalue weighted by Crippen LogP contribution is -2.35. The Kier molecular flexibility index (Phi) is 4.03. The molecule has 1 aliphatic rings. The van der Waals surface area contributed by atoms with Gasteiger partial charge in [-0.3, -0.25) is 4.31 Å². The Bertz CT molecular complexity index is 796. The van der Waals surface area contributed by atoms with E-state index in [9.17, 15) is 8.42 Å². The Morgan fingerprint density at radius 2 is 1.64 bits per heavy atom. The van der Waals surface area contributed by atoms with Crippen molar-refractivity contribution in [1.29, 1.82) is 0 Å². The van der Waals surface area contributed by atoms with Gasteiger partial charge in [-0.2, -0.15) is 0 Å². The van der Waals surface area contributed by atoms with Crippen molar-refractivity contribution in [3.63, 3.8) is 0 Å². The van der Waals surface area contributed by atoms with Crippen molar-refractivity contribution in [2.45, 2.75) is 24.2 Å². The largest absolute Gasteiger partial charge is 0.266 e. The van der Waals surface area contributed by atoms with Gasteiger partial charge in [0.15, 0.2) is 0 Å². The summed E-state index contributed by atoms with van der Waals surface area (Å²) in [5.41, 5.74) is 2.55. The summed E-state index contributed by atoms with van der Waals surface area (Å²) in [6.07, 6.45) is 4.54. The molecule has 0 atom stereocenters. The molecule has 0 N–H and O–H groups in total. The van der Waals surface area contributed by atoms with Crippen LogP contribution < -0.4 is 4.31 Å². The third-order valence-electron chi connectivity index (χ3n) is 3.94. The summed E-state index contributed by atoms with van der Waals surface area (Å²) in [5.74, 6) is 0. The number of rotatable bonds is 5. The van der Waals surface area contributed by atoms with Crippen LogP contribution in [0.3, 0.4) is 0 Å². The summed E-state index contributed by atoms with van der Waals surface area (Å²) in [6.45, 7) is 4.21. The molecule has 114 valence electrons. The van der Waals surface area contributed by atoms with E-state index in [0.717, 1.165) is 36.1 Å². The standard InChI is InChI=1S/C18H19NO2S/c1-2-3-4-9-14-19-17-12-7-5-10-15(17)16-11-6-8-13-18(16)22(19,20)21/h2,5-8,10-13H,1,3-4,9,14H2. The molecule has 0 saturated heterocycles. The maximum Gasteiger partial charge on any atom is 0.264 e. The van der Waals surface area contributed by atoms with Crippen molar-refractivity contribution in [2.75, 3.05) is 10.8 Å². The molecule has 0 fully saturated rings. The van der Waals surface area contributed by atoms with E-state index in [0.29, 0.717) is 11.4 Å². The monoisotopic (exact) mass is 313 g/mol. The molecule has 0 bridgehead atoms. The first-order valence-electron chi connectivity index (χ1n) is 7.48. The predicted molar refractivity (Wildman–Crippen MR) is 90.5 cm³/mol. The zero-order valence-corrected chi connectivity index (χ0v) is 13.2. The summed E-state index contributed by atoms with van der Waals surface area (Å²) in [4.78, 5) is 0.400. The third-order valence-corrected chi connectivity index (χ3v) is 5.81. The topological polar surface area (TPSA) is 37.4 Å². The average molecular weight is 313 g/mol. The fourth-order valence-corrected chi connectivity index (χ4v) is 4.60. The van der Waals surface area contributed by atoms with Crippen LogP contribution in [0.1, 0.15) is 19.3 Å². The van der Waals surface area contributed by atoms with E-state index < -0.39 is 10.0 Å². The van der Waals surface area contributed by atoms with Crippen LogP contribution in [0.4, 0.5) is 5.69 Å². The van der Waals surface area contributed by atoms with E-state index >= 15 is 0 Å². The van der Waals surface area contributed by atoms with Crippen molar-refractivity contribution in [2.24, 2.45) is 0 Å². The SMILES string of the molecule is C=CCCCCN1c2ccccc2-c2ccccc2S1(=O)=O. The maximum absolute atomic E-state index is 12.9. The van der Waals surface area contributed by atoms with Crippen molar-refractivity contribution in [3.8, 4) is 11.1 Å². The molecule has 3 nitrogen and oxygen atoms in total. The van der Waals surface area contributed by atoms with Gasteiger partial charge in [0.25, 0.3) is 10.0 Å². The quantitative estimate of drug-likeness (QED) is 0.612. The highest BCUT2D eigenvalue weighted by atomic mass is 32.2. The van der Waals surface area contributed by atoms with Crippen molar-refractivity contribution in [1.82, 2.24) is 0 Å². The normalized spacial score (nSPS) is 15.0. The van der Waals surface area contributed by atoms with Crippen molar-refractivity contribution >= 4 is 15.7 Å². The van der Waals surface area contributed by atoms with Gasteiger partial charge in [0.05, 0.1) is 10.6 Å². The fourth-order valence-electron chi connectivity index (χ4n) is 2.87. The molecule has 0 aliphatic carbocycles. The Labute approximate surface area is 132 Å². The van der Waals surface area contributed by atoms with Crippen molar-refractivity contribution < 1.29 is 8.42 Å². The first-order valence-corrected chi connectivity index (χ1v) is 8.92. The molecule has 2 aromatic carbocycles. The highest BCUT2D eigenvalue weighted by Crippen LogP contribution is 2.42. The fraction of sp³-hybridized carbons (Fsp3) is 0.222. The molecule has 4 heteroatoms. The minimum absolute atomic E-state index is 0.400. The highest BCUT2D eigenvalue weighted by Gasteiger charge is 2.33. The summed E-state index contributed by atoms with van der Waals surface area (Å²) in [5, 5.41) is 0. The van der Waals surface area contributed by atoms with Crippen LogP contribution in [0.5, 0.6) is 0 Å². The van der Waals surface area contributed by atoms with E-state index in [1.807, 2.05) is 42.5 Å². The number of benzene rings is 2. The molecule has 0 spiro atoms. The molecule has 22 heavy (non-hydrogen) atoms. The number of fused-ring (bicyclic) bond motifs is 3. The molecule has 0 saturated carbocycles. The molecule has 3 rings (SSSR count). The highest BCUT2D eigenvalue weighted by molar-refractivity contribution is 7.93.